The lowest BCUT2D eigenvalue weighted by Crippen LogP contribution is -2.53. The van der Waals surface area contributed by atoms with E-state index in [-0.39, 0.29) is 6.10 Å². The van der Waals surface area contributed by atoms with Gasteiger partial charge in [-0.1, -0.05) is 30.3 Å². The van der Waals surface area contributed by atoms with Gasteiger partial charge in [-0.2, -0.15) is 0 Å². The summed E-state index contributed by atoms with van der Waals surface area (Å²) < 4.78 is 5.18. The predicted molar refractivity (Wildman–Crippen MR) is 64.1 cm³/mol. The molecule has 1 saturated heterocycles. The van der Waals surface area contributed by atoms with Crippen LogP contribution in [0.1, 0.15) is 11.5 Å². The first kappa shape index (κ1) is 12.1. The van der Waals surface area contributed by atoms with Crippen LogP contribution in [0.2, 0.25) is 0 Å². The molecular weight excluding hydrogens is 218 g/mol. The van der Waals surface area contributed by atoms with Crippen LogP contribution in [0, 0.1) is 0 Å². The van der Waals surface area contributed by atoms with Crippen molar-refractivity contribution in [1.82, 2.24) is 4.90 Å². The van der Waals surface area contributed by atoms with Crippen molar-refractivity contribution in [2.75, 3.05) is 26.7 Å². The Bertz CT molecular complexity index is 374. The number of aliphatic carboxylic acids is 1. The lowest BCUT2D eigenvalue weighted by molar-refractivity contribution is -0.140. The molecule has 1 aliphatic heterocycles. The van der Waals surface area contributed by atoms with Crippen LogP contribution in [0.5, 0.6) is 0 Å². The Kier molecular flexibility index (Phi) is 3.76. The molecule has 1 aromatic carbocycles. The molecule has 0 bridgehead atoms. The zero-order valence-electron chi connectivity index (χ0n) is 9.87. The second-order valence-corrected chi connectivity index (χ2v) is 4.38. The molecule has 1 heterocycles. The molecule has 1 unspecified atom stereocenters. The number of rotatable bonds is 5. The minimum atomic E-state index is -0.767. The molecule has 0 aliphatic carbocycles. The molecule has 1 atom stereocenters. The molecule has 1 aromatic rings. The van der Waals surface area contributed by atoms with E-state index in [0.29, 0.717) is 6.54 Å². The predicted octanol–water partition coefficient (Wildman–Crippen LogP) is 1.19. The number of ether oxygens (including phenoxy) is 1. The van der Waals surface area contributed by atoms with Gasteiger partial charge in [-0.25, -0.2) is 0 Å². The first-order valence-corrected chi connectivity index (χ1v) is 5.73. The summed E-state index contributed by atoms with van der Waals surface area (Å²) >= 11 is 0. The van der Waals surface area contributed by atoms with E-state index in [2.05, 4.69) is 4.90 Å². The molecule has 0 saturated carbocycles. The Morgan fingerprint density at radius 3 is 2.65 bits per heavy atom. The molecule has 0 amide bonds. The van der Waals surface area contributed by atoms with E-state index in [9.17, 15) is 9.90 Å². The molecule has 2 rings (SSSR count). The minimum absolute atomic E-state index is 0.264. The van der Waals surface area contributed by atoms with Crippen LogP contribution >= 0.6 is 0 Å². The van der Waals surface area contributed by atoms with Gasteiger partial charge in [-0.05, 0) is 5.56 Å². The van der Waals surface area contributed by atoms with Crippen LogP contribution in [0.4, 0.5) is 0 Å². The van der Waals surface area contributed by atoms with E-state index in [4.69, 9.17) is 4.74 Å². The average molecular weight is 235 g/mol. The maximum atomic E-state index is 11.3. The maximum Gasteiger partial charge on any atom is 0.312 e. The summed E-state index contributed by atoms with van der Waals surface area (Å²) in [6.07, 6.45) is 0.264. The summed E-state index contributed by atoms with van der Waals surface area (Å²) in [5, 5.41) is 9.26. The summed E-state index contributed by atoms with van der Waals surface area (Å²) in [6.45, 7) is 2.21. The van der Waals surface area contributed by atoms with Crippen molar-refractivity contribution in [3.8, 4) is 0 Å². The van der Waals surface area contributed by atoms with Gasteiger partial charge in [-0.15, -0.1) is 0 Å². The highest BCUT2D eigenvalue weighted by Gasteiger charge is 2.31. The number of benzene rings is 1. The molecule has 1 fully saturated rings. The molecule has 4 heteroatoms. The van der Waals surface area contributed by atoms with Gasteiger partial charge in [0.25, 0.3) is 0 Å². The summed E-state index contributed by atoms with van der Waals surface area (Å²) in [4.78, 5) is 13.4. The number of carbonyl (C=O) groups is 1. The zero-order chi connectivity index (χ0) is 12.3. The van der Waals surface area contributed by atoms with Crippen molar-refractivity contribution in [2.24, 2.45) is 0 Å². The Balaban J connectivity index is 1.98. The van der Waals surface area contributed by atoms with Crippen molar-refractivity contribution in [2.45, 2.75) is 12.0 Å². The average Bonchev–Trinajstić information content (AvgIpc) is 2.28. The fourth-order valence-electron chi connectivity index (χ4n) is 2.09. The normalized spacial score (nSPS) is 18.6. The van der Waals surface area contributed by atoms with E-state index < -0.39 is 11.9 Å². The van der Waals surface area contributed by atoms with Crippen molar-refractivity contribution < 1.29 is 14.6 Å². The molecule has 1 N–H and O–H groups in total. The second-order valence-electron chi connectivity index (χ2n) is 4.38. The third-order valence-corrected chi connectivity index (χ3v) is 3.20. The number of carboxylic acids is 1. The quantitative estimate of drug-likeness (QED) is 0.832. The van der Waals surface area contributed by atoms with Crippen LogP contribution in [0.25, 0.3) is 0 Å². The van der Waals surface area contributed by atoms with E-state index in [1.54, 1.807) is 7.11 Å². The summed E-state index contributed by atoms with van der Waals surface area (Å²) in [7, 11) is 1.69. The monoisotopic (exact) mass is 235 g/mol. The third kappa shape index (κ3) is 2.84. The highest BCUT2D eigenvalue weighted by molar-refractivity contribution is 5.76. The largest absolute Gasteiger partial charge is 0.481 e. The Labute approximate surface area is 101 Å². The number of nitrogens with zero attached hydrogens (tertiary/aromatic N) is 1. The summed E-state index contributed by atoms with van der Waals surface area (Å²) in [5.41, 5.74) is 0.862. The van der Waals surface area contributed by atoms with Crippen molar-refractivity contribution in [3.63, 3.8) is 0 Å². The van der Waals surface area contributed by atoms with Gasteiger partial charge in [0.2, 0.25) is 0 Å². The molecule has 17 heavy (non-hydrogen) atoms. The molecule has 92 valence electrons. The summed E-state index contributed by atoms with van der Waals surface area (Å²) in [5.74, 6) is -1.22. The van der Waals surface area contributed by atoms with Crippen LogP contribution in [-0.2, 0) is 9.53 Å². The number of likely N-dealkylation sites (tertiary alicyclic amines) is 1. The number of hydrogen-bond acceptors (Lipinski definition) is 3. The molecular formula is C13H17NO3. The van der Waals surface area contributed by atoms with Crippen LogP contribution in [0.15, 0.2) is 30.3 Å². The van der Waals surface area contributed by atoms with E-state index >= 15 is 0 Å². The SMILES string of the molecule is COC1CN(CC(C(=O)O)c2ccccc2)C1. The molecule has 0 radical (unpaired) electrons. The first-order chi connectivity index (χ1) is 8.20. The third-order valence-electron chi connectivity index (χ3n) is 3.20. The molecule has 0 spiro atoms. The van der Waals surface area contributed by atoms with E-state index in [1.165, 1.54) is 0 Å². The van der Waals surface area contributed by atoms with Gasteiger partial charge < -0.3 is 9.84 Å². The van der Waals surface area contributed by atoms with Crippen molar-refractivity contribution in [3.05, 3.63) is 35.9 Å². The standard InChI is InChI=1S/C13H17NO3/c1-17-11-7-14(8-11)9-12(13(15)16)10-5-3-2-4-6-10/h2-6,11-12H,7-9H2,1H3,(H,15,16). The topological polar surface area (TPSA) is 49.8 Å². The highest BCUT2D eigenvalue weighted by atomic mass is 16.5. The lowest BCUT2D eigenvalue weighted by Gasteiger charge is -2.39. The summed E-state index contributed by atoms with van der Waals surface area (Å²) in [6, 6.07) is 9.38. The maximum absolute atomic E-state index is 11.3. The van der Waals surface area contributed by atoms with Gasteiger partial charge in [-0.3, -0.25) is 9.69 Å². The lowest BCUT2D eigenvalue weighted by atomic mass is 9.97. The van der Waals surface area contributed by atoms with Crippen molar-refractivity contribution in [1.29, 1.82) is 0 Å². The molecule has 4 nitrogen and oxygen atoms in total. The van der Waals surface area contributed by atoms with Crippen molar-refractivity contribution >= 4 is 5.97 Å². The fourth-order valence-corrected chi connectivity index (χ4v) is 2.09. The van der Waals surface area contributed by atoms with Crippen LogP contribution < -0.4 is 0 Å². The van der Waals surface area contributed by atoms with Gasteiger partial charge in [0.1, 0.15) is 0 Å². The minimum Gasteiger partial charge on any atom is -0.481 e. The van der Waals surface area contributed by atoms with Gasteiger partial charge in [0.15, 0.2) is 0 Å². The van der Waals surface area contributed by atoms with Crippen LogP contribution in [-0.4, -0.2) is 48.8 Å². The second kappa shape index (κ2) is 5.29. The van der Waals surface area contributed by atoms with Crippen LogP contribution in [0.3, 0.4) is 0 Å². The number of hydrogen-bond donors (Lipinski definition) is 1. The Morgan fingerprint density at radius 2 is 2.12 bits per heavy atom. The Hall–Kier alpha value is -1.39. The fraction of sp³-hybridized carbons (Fsp3) is 0.462. The smallest absolute Gasteiger partial charge is 0.312 e. The van der Waals surface area contributed by atoms with E-state index in [0.717, 1.165) is 18.7 Å². The highest BCUT2D eigenvalue weighted by Crippen LogP contribution is 2.21. The zero-order valence-corrected chi connectivity index (χ0v) is 9.87. The van der Waals surface area contributed by atoms with Gasteiger partial charge in [0, 0.05) is 26.7 Å². The van der Waals surface area contributed by atoms with Gasteiger partial charge in [0.05, 0.1) is 12.0 Å². The molecule has 0 aromatic heterocycles. The van der Waals surface area contributed by atoms with Gasteiger partial charge >= 0.3 is 5.97 Å². The molecule has 1 aliphatic rings. The first-order valence-electron chi connectivity index (χ1n) is 5.73. The number of carboxylic acid groups (broad SMARTS) is 1. The van der Waals surface area contributed by atoms with E-state index in [1.807, 2.05) is 30.3 Å². The Morgan fingerprint density at radius 1 is 1.47 bits per heavy atom. The number of methoxy groups -OCH3 is 1.